The van der Waals surface area contributed by atoms with Gasteiger partial charge in [0, 0.05) is 37.9 Å². The number of hydrogen-bond acceptors (Lipinski definition) is 2. The number of pyridine rings is 1. The number of aromatic nitrogens is 1. The van der Waals surface area contributed by atoms with Crippen LogP contribution in [-0.2, 0) is 6.42 Å². The first-order valence-corrected chi connectivity index (χ1v) is 6.93. The van der Waals surface area contributed by atoms with E-state index in [1.807, 2.05) is 18.2 Å². The second kappa shape index (κ2) is 7.04. The number of likely N-dealkylation sites (tertiary alicyclic amines) is 1. The molecule has 0 atom stereocenters. The average Bonchev–Trinajstić information content (AvgIpc) is 2.94. The lowest BCUT2D eigenvalue weighted by Crippen LogP contribution is -2.37. The van der Waals surface area contributed by atoms with Gasteiger partial charge in [0.1, 0.15) is 0 Å². The zero-order valence-electron chi connectivity index (χ0n) is 10.9. The minimum atomic E-state index is 0.445. The van der Waals surface area contributed by atoms with Crippen molar-refractivity contribution in [3.8, 4) is 0 Å². The van der Waals surface area contributed by atoms with Gasteiger partial charge in [-0.05, 0) is 37.2 Å². The number of guanidine groups is 1. The highest BCUT2D eigenvalue weighted by Crippen LogP contribution is 2.06. The van der Waals surface area contributed by atoms with Crippen LogP contribution in [0.25, 0.3) is 0 Å². The molecule has 1 aliphatic rings. The van der Waals surface area contributed by atoms with Crippen molar-refractivity contribution >= 4 is 23.3 Å². The Labute approximate surface area is 118 Å². The molecule has 0 saturated carbocycles. The molecule has 0 bridgehead atoms. The van der Waals surface area contributed by atoms with Crippen LogP contribution < -0.4 is 11.1 Å². The van der Waals surface area contributed by atoms with Crippen molar-refractivity contribution in [2.45, 2.75) is 19.3 Å². The number of aliphatic imine (C=N–C) groups is 1. The molecule has 1 aliphatic heterocycles. The van der Waals surface area contributed by atoms with E-state index in [1.165, 1.54) is 12.8 Å². The first-order valence-electron chi connectivity index (χ1n) is 6.52. The van der Waals surface area contributed by atoms with Crippen molar-refractivity contribution in [3.63, 3.8) is 0 Å². The SMILES string of the molecule is NC(=NC(=S)NCCc1ccccn1)N1CCCC1. The number of nitrogens with one attached hydrogen (secondary N) is 1. The lowest BCUT2D eigenvalue weighted by atomic mass is 10.3. The van der Waals surface area contributed by atoms with Crippen molar-refractivity contribution in [1.29, 1.82) is 0 Å². The summed E-state index contributed by atoms with van der Waals surface area (Å²) in [5.74, 6) is 0.521. The summed E-state index contributed by atoms with van der Waals surface area (Å²) in [5, 5.41) is 3.53. The maximum Gasteiger partial charge on any atom is 0.198 e. The number of nitrogens with two attached hydrogens (primary N) is 1. The molecule has 1 saturated heterocycles. The van der Waals surface area contributed by atoms with Gasteiger partial charge < -0.3 is 16.0 Å². The lowest BCUT2D eigenvalue weighted by Gasteiger charge is -2.15. The number of hydrogen-bond donors (Lipinski definition) is 2. The van der Waals surface area contributed by atoms with E-state index in [9.17, 15) is 0 Å². The molecule has 5 nitrogen and oxygen atoms in total. The summed E-state index contributed by atoms with van der Waals surface area (Å²) < 4.78 is 0. The Morgan fingerprint density at radius 3 is 2.89 bits per heavy atom. The van der Waals surface area contributed by atoms with Gasteiger partial charge in [0.15, 0.2) is 11.1 Å². The third-order valence-corrected chi connectivity index (χ3v) is 3.27. The smallest absolute Gasteiger partial charge is 0.198 e. The number of thiocarbonyl (C=S) groups is 1. The van der Waals surface area contributed by atoms with Crippen LogP contribution in [0, 0.1) is 0 Å². The monoisotopic (exact) mass is 277 g/mol. The Morgan fingerprint density at radius 1 is 1.42 bits per heavy atom. The van der Waals surface area contributed by atoms with E-state index in [4.69, 9.17) is 18.0 Å². The molecule has 1 aromatic heterocycles. The summed E-state index contributed by atoms with van der Waals surface area (Å²) in [6, 6.07) is 5.87. The Bertz CT molecular complexity index is 440. The van der Waals surface area contributed by atoms with Crippen LogP contribution in [0.1, 0.15) is 18.5 Å². The fraction of sp³-hybridized carbons (Fsp3) is 0.462. The van der Waals surface area contributed by atoms with Crippen LogP contribution in [0.5, 0.6) is 0 Å². The third-order valence-electron chi connectivity index (χ3n) is 3.03. The molecule has 102 valence electrons. The standard InChI is InChI=1S/C13H19N5S/c14-12(18-9-3-4-10-18)17-13(19)16-8-6-11-5-1-2-7-15-11/h1-2,5,7H,3-4,6,8-10H2,(H3,14,16,17,19). The van der Waals surface area contributed by atoms with Gasteiger partial charge in [0.05, 0.1) is 0 Å². The van der Waals surface area contributed by atoms with Crippen molar-refractivity contribution in [3.05, 3.63) is 30.1 Å². The van der Waals surface area contributed by atoms with Gasteiger partial charge >= 0.3 is 0 Å². The van der Waals surface area contributed by atoms with Crippen molar-refractivity contribution in [2.75, 3.05) is 19.6 Å². The molecule has 0 aromatic carbocycles. The Morgan fingerprint density at radius 2 is 2.21 bits per heavy atom. The molecule has 0 amide bonds. The molecule has 19 heavy (non-hydrogen) atoms. The summed E-state index contributed by atoms with van der Waals surface area (Å²) in [5.41, 5.74) is 6.94. The first-order chi connectivity index (χ1) is 9.25. The second-order valence-corrected chi connectivity index (χ2v) is 4.85. The van der Waals surface area contributed by atoms with Gasteiger partial charge in [-0.15, -0.1) is 0 Å². The van der Waals surface area contributed by atoms with Gasteiger partial charge in [-0.1, -0.05) is 6.07 Å². The average molecular weight is 277 g/mol. The lowest BCUT2D eigenvalue weighted by molar-refractivity contribution is 0.514. The zero-order valence-corrected chi connectivity index (χ0v) is 11.7. The second-order valence-electron chi connectivity index (χ2n) is 4.47. The molecule has 0 aliphatic carbocycles. The Balaban J connectivity index is 1.73. The van der Waals surface area contributed by atoms with Crippen LogP contribution in [0.2, 0.25) is 0 Å². The van der Waals surface area contributed by atoms with Gasteiger partial charge in [0.25, 0.3) is 0 Å². The predicted molar refractivity (Wildman–Crippen MR) is 81.0 cm³/mol. The topological polar surface area (TPSA) is 66.5 Å². The summed E-state index contributed by atoms with van der Waals surface area (Å²) in [4.78, 5) is 10.5. The molecule has 2 heterocycles. The van der Waals surface area contributed by atoms with E-state index < -0.39 is 0 Å². The third kappa shape index (κ3) is 4.48. The molecular weight excluding hydrogens is 258 g/mol. The molecule has 0 radical (unpaired) electrons. The Kier molecular flexibility index (Phi) is 5.09. The summed E-state index contributed by atoms with van der Waals surface area (Å²) in [6.45, 7) is 2.67. The van der Waals surface area contributed by atoms with E-state index in [1.54, 1.807) is 6.20 Å². The normalized spacial score (nSPS) is 15.6. The molecule has 1 aromatic rings. The highest BCUT2D eigenvalue weighted by atomic mass is 32.1. The van der Waals surface area contributed by atoms with Crippen molar-refractivity contribution in [2.24, 2.45) is 10.7 Å². The number of nitrogens with zero attached hydrogens (tertiary/aromatic N) is 3. The van der Waals surface area contributed by atoms with E-state index in [0.29, 0.717) is 17.6 Å². The highest BCUT2D eigenvalue weighted by molar-refractivity contribution is 7.80. The quantitative estimate of drug-likeness (QED) is 0.488. The van der Waals surface area contributed by atoms with Crippen molar-refractivity contribution in [1.82, 2.24) is 15.2 Å². The maximum absolute atomic E-state index is 5.90. The first kappa shape index (κ1) is 13.7. The minimum absolute atomic E-state index is 0.445. The summed E-state index contributed by atoms with van der Waals surface area (Å²) in [7, 11) is 0. The minimum Gasteiger partial charge on any atom is -0.369 e. The van der Waals surface area contributed by atoms with Crippen LogP contribution in [-0.4, -0.2) is 40.6 Å². The molecule has 2 rings (SSSR count). The molecule has 0 unspecified atom stereocenters. The fourth-order valence-electron chi connectivity index (χ4n) is 2.00. The van der Waals surface area contributed by atoms with Crippen LogP contribution >= 0.6 is 12.2 Å². The van der Waals surface area contributed by atoms with Gasteiger partial charge in [-0.25, -0.2) is 0 Å². The van der Waals surface area contributed by atoms with Gasteiger partial charge in [0.2, 0.25) is 0 Å². The predicted octanol–water partition coefficient (Wildman–Crippen LogP) is 0.909. The van der Waals surface area contributed by atoms with Crippen LogP contribution in [0.15, 0.2) is 29.4 Å². The maximum atomic E-state index is 5.90. The van der Waals surface area contributed by atoms with Gasteiger partial charge in [-0.3, -0.25) is 4.98 Å². The summed E-state index contributed by atoms with van der Waals surface area (Å²) >= 11 is 5.16. The molecule has 0 spiro atoms. The van der Waals surface area contributed by atoms with Crippen LogP contribution in [0.3, 0.4) is 0 Å². The van der Waals surface area contributed by atoms with E-state index in [0.717, 1.165) is 25.2 Å². The molecular formula is C13H19N5S. The largest absolute Gasteiger partial charge is 0.369 e. The fourth-order valence-corrected chi connectivity index (χ4v) is 2.20. The molecule has 1 fully saturated rings. The van der Waals surface area contributed by atoms with E-state index in [2.05, 4.69) is 20.2 Å². The summed E-state index contributed by atoms with van der Waals surface area (Å²) in [6.07, 6.45) is 4.96. The highest BCUT2D eigenvalue weighted by Gasteiger charge is 2.13. The zero-order chi connectivity index (χ0) is 13.5. The van der Waals surface area contributed by atoms with Gasteiger partial charge in [-0.2, -0.15) is 4.99 Å². The van der Waals surface area contributed by atoms with Crippen molar-refractivity contribution < 1.29 is 0 Å². The molecule has 6 heteroatoms. The van der Waals surface area contributed by atoms with Crippen LogP contribution in [0.4, 0.5) is 0 Å². The number of rotatable bonds is 3. The van der Waals surface area contributed by atoms with E-state index in [-0.39, 0.29) is 0 Å². The van der Waals surface area contributed by atoms with E-state index >= 15 is 0 Å². The molecule has 3 N–H and O–H groups in total. The Hall–Kier alpha value is -1.69.